The van der Waals surface area contributed by atoms with E-state index in [0.29, 0.717) is 24.9 Å². The zero-order valence-corrected chi connectivity index (χ0v) is 15.3. The van der Waals surface area contributed by atoms with Crippen LogP contribution in [0.2, 0.25) is 0 Å². The van der Waals surface area contributed by atoms with Crippen molar-refractivity contribution in [2.45, 2.75) is 57.9 Å². The number of piperidine rings is 1. The summed E-state index contributed by atoms with van der Waals surface area (Å²) < 4.78 is 10.4. The molecule has 2 atom stereocenters. The topological polar surface area (TPSA) is 84.9 Å². The van der Waals surface area contributed by atoms with Crippen LogP contribution in [0.5, 0.6) is 0 Å². The molecule has 0 saturated carbocycles. The summed E-state index contributed by atoms with van der Waals surface area (Å²) in [7, 11) is 0. The van der Waals surface area contributed by atoms with Gasteiger partial charge >= 0.3 is 12.1 Å². The lowest BCUT2D eigenvalue weighted by Crippen LogP contribution is -2.45. The Bertz CT molecular complexity index is 725. The van der Waals surface area contributed by atoms with Gasteiger partial charge in [-0.25, -0.2) is 9.59 Å². The highest BCUT2D eigenvalue weighted by atomic mass is 16.6. The second-order valence-corrected chi connectivity index (χ2v) is 7.65. The Balaban J connectivity index is 1.64. The number of likely N-dealkylation sites (tertiary alicyclic amines) is 1. The molecule has 7 nitrogen and oxygen atoms in total. The molecule has 1 N–H and O–H groups in total. The Labute approximate surface area is 152 Å². The first-order chi connectivity index (χ1) is 12.2. The molecule has 2 fully saturated rings. The fourth-order valence-electron chi connectivity index (χ4n) is 3.22. The molecule has 140 valence electrons. The van der Waals surface area contributed by atoms with E-state index in [0.717, 1.165) is 5.56 Å². The highest BCUT2D eigenvalue weighted by Gasteiger charge is 2.44. The van der Waals surface area contributed by atoms with Crippen LogP contribution in [0.25, 0.3) is 0 Å². The summed E-state index contributed by atoms with van der Waals surface area (Å²) in [6.07, 6.45) is 0.684. The number of nitrogens with one attached hydrogen (secondary N) is 1. The first-order valence-electron chi connectivity index (χ1n) is 8.80. The van der Waals surface area contributed by atoms with Crippen molar-refractivity contribution < 1.29 is 23.9 Å². The minimum absolute atomic E-state index is 0.0547. The molecule has 1 aromatic carbocycles. The second-order valence-electron chi connectivity index (χ2n) is 7.65. The van der Waals surface area contributed by atoms with Gasteiger partial charge in [-0.15, -0.1) is 0 Å². The van der Waals surface area contributed by atoms with Crippen molar-refractivity contribution in [1.82, 2.24) is 10.2 Å². The number of carbonyl (C=O) groups is 3. The molecule has 2 aliphatic heterocycles. The Morgan fingerprint density at radius 1 is 1.35 bits per heavy atom. The van der Waals surface area contributed by atoms with E-state index in [1.54, 1.807) is 43.9 Å². The number of hydrogen-bond acceptors (Lipinski definition) is 5. The fraction of sp³-hybridized carbons (Fsp3) is 0.526. The molecule has 2 saturated heterocycles. The smallest absolute Gasteiger partial charge is 0.407 e. The molecule has 0 aliphatic carbocycles. The number of rotatable bonds is 3. The maximum absolute atomic E-state index is 12.8. The van der Waals surface area contributed by atoms with Gasteiger partial charge in [0, 0.05) is 31.5 Å². The molecule has 3 rings (SSSR count). The molecule has 0 spiro atoms. The maximum Gasteiger partial charge on any atom is 0.407 e. The predicted octanol–water partition coefficient (Wildman–Crippen LogP) is 2.24. The van der Waals surface area contributed by atoms with Crippen molar-refractivity contribution in [2.24, 2.45) is 0 Å². The number of hydrogen-bond donors (Lipinski definition) is 1. The van der Waals surface area contributed by atoms with Gasteiger partial charge in [-0.3, -0.25) is 4.79 Å². The normalized spacial score (nSPS) is 22.0. The fourth-order valence-corrected chi connectivity index (χ4v) is 3.22. The lowest BCUT2D eigenvalue weighted by Gasteiger charge is -2.29. The number of alkyl carbamates (subject to hydrolysis) is 1. The van der Waals surface area contributed by atoms with Gasteiger partial charge in [0.25, 0.3) is 5.91 Å². The third kappa shape index (κ3) is 4.15. The minimum atomic E-state index is -0.566. The maximum atomic E-state index is 12.8. The molecule has 0 radical (unpaired) electrons. The van der Waals surface area contributed by atoms with E-state index in [1.165, 1.54) is 0 Å². The van der Waals surface area contributed by atoms with E-state index >= 15 is 0 Å². The third-order valence-electron chi connectivity index (χ3n) is 4.38. The molecule has 0 unspecified atom stereocenters. The standard InChI is InChI=1S/C19H24N2O5/c1-19(2,3)26-18(24)20-11-12-5-4-6-13(9-12)16(22)21-8-7-14-10-15(21)17(23)25-14/h4-6,9,14-15H,7-8,10-11H2,1-3H3,(H,20,24)/t14-,15+/m0/s1. The number of nitrogens with zero attached hydrogens (tertiary/aromatic N) is 1. The molecule has 0 aromatic heterocycles. The Hall–Kier alpha value is -2.57. The number of carbonyl (C=O) groups excluding carboxylic acids is 3. The van der Waals surface area contributed by atoms with Crippen molar-refractivity contribution in [3.05, 3.63) is 35.4 Å². The molecular formula is C19H24N2O5. The highest BCUT2D eigenvalue weighted by Crippen LogP contribution is 2.29. The largest absolute Gasteiger partial charge is 0.461 e. The first kappa shape index (κ1) is 18.2. The third-order valence-corrected chi connectivity index (χ3v) is 4.38. The van der Waals surface area contributed by atoms with Crippen LogP contribution in [0, 0.1) is 0 Å². The lowest BCUT2D eigenvalue weighted by atomic mass is 10.0. The van der Waals surface area contributed by atoms with Crippen LogP contribution in [0.4, 0.5) is 4.79 Å². The van der Waals surface area contributed by atoms with Crippen molar-refractivity contribution in [3.8, 4) is 0 Å². The SMILES string of the molecule is CC(C)(C)OC(=O)NCc1cccc(C(=O)N2CC[C@H]3C[C@@H]2C(=O)O3)c1. The average molecular weight is 360 g/mol. The summed E-state index contributed by atoms with van der Waals surface area (Å²) in [5.74, 6) is -0.505. The number of esters is 1. The minimum Gasteiger partial charge on any atom is -0.461 e. The second kappa shape index (κ2) is 6.97. The lowest BCUT2D eigenvalue weighted by molar-refractivity contribution is -0.142. The molecule has 7 heteroatoms. The van der Waals surface area contributed by atoms with Gasteiger partial charge in [0.15, 0.2) is 0 Å². The molecule has 1 aromatic rings. The number of benzene rings is 1. The molecule has 2 heterocycles. The highest BCUT2D eigenvalue weighted by molar-refractivity contribution is 5.97. The molecule has 26 heavy (non-hydrogen) atoms. The van der Waals surface area contributed by atoms with Gasteiger partial charge in [0.2, 0.25) is 0 Å². The Morgan fingerprint density at radius 3 is 2.85 bits per heavy atom. The molecule has 2 amide bonds. The van der Waals surface area contributed by atoms with E-state index in [4.69, 9.17) is 9.47 Å². The van der Waals surface area contributed by atoms with Crippen LogP contribution in [-0.2, 0) is 20.8 Å². The summed E-state index contributed by atoms with van der Waals surface area (Å²) in [5, 5.41) is 2.67. The predicted molar refractivity (Wildman–Crippen MR) is 93.5 cm³/mol. The van der Waals surface area contributed by atoms with Gasteiger partial charge in [-0.2, -0.15) is 0 Å². The van der Waals surface area contributed by atoms with Gasteiger partial charge in [0.1, 0.15) is 17.7 Å². The van der Waals surface area contributed by atoms with E-state index in [1.807, 2.05) is 6.07 Å². The summed E-state index contributed by atoms with van der Waals surface area (Å²) in [6.45, 7) is 6.15. The van der Waals surface area contributed by atoms with Crippen molar-refractivity contribution in [3.63, 3.8) is 0 Å². The van der Waals surface area contributed by atoms with E-state index in [9.17, 15) is 14.4 Å². The molecule has 2 aliphatic rings. The summed E-state index contributed by atoms with van der Waals surface area (Å²) >= 11 is 0. The van der Waals surface area contributed by atoms with Crippen LogP contribution in [0.15, 0.2) is 24.3 Å². The quantitative estimate of drug-likeness (QED) is 0.836. The molecular weight excluding hydrogens is 336 g/mol. The number of fused-ring (bicyclic) bond motifs is 2. The van der Waals surface area contributed by atoms with Crippen molar-refractivity contribution in [1.29, 1.82) is 0 Å². The van der Waals surface area contributed by atoms with E-state index in [2.05, 4.69) is 5.32 Å². The van der Waals surface area contributed by atoms with Gasteiger partial charge in [0.05, 0.1) is 0 Å². The monoisotopic (exact) mass is 360 g/mol. The average Bonchev–Trinajstić information content (AvgIpc) is 2.86. The summed E-state index contributed by atoms with van der Waals surface area (Å²) in [4.78, 5) is 38.1. The van der Waals surface area contributed by atoms with Gasteiger partial charge < -0.3 is 19.7 Å². The molecule has 2 bridgehead atoms. The Kier molecular flexibility index (Phi) is 4.89. The zero-order chi connectivity index (χ0) is 18.9. The van der Waals surface area contributed by atoms with Crippen molar-refractivity contribution >= 4 is 18.0 Å². The van der Waals surface area contributed by atoms with Crippen molar-refractivity contribution in [2.75, 3.05) is 6.54 Å². The number of ether oxygens (including phenoxy) is 2. The van der Waals surface area contributed by atoms with Crippen LogP contribution >= 0.6 is 0 Å². The van der Waals surface area contributed by atoms with E-state index in [-0.39, 0.29) is 24.5 Å². The number of amides is 2. The van der Waals surface area contributed by atoms with Gasteiger partial charge in [-0.1, -0.05) is 12.1 Å². The first-order valence-corrected chi connectivity index (χ1v) is 8.80. The summed E-state index contributed by atoms with van der Waals surface area (Å²) in [5.41, 5.74) is 0.710. The van der Waals surface area contributed by atoms with Crippen LogP contribution < -0.4 is 5.32 Å². The van der Waals surface area contributed by atoms with Crippen LogP contribution in [0.3, 0.4) is 0 Å². The van der Waals surface area contributed by atoms with Crippen LogP contribution in [0.1, 0.15) is 49.5 Å². The zero-order valence-electron chi connectivity index (χ0n) is 15.3. The van der Waals surface area contributed by atoms with Gasteiger partial charge in [-0.05, 0) is 38.5 Å². The van der Waals surface area contributed by atoms with Crippen LogP contribution in [-0.4, -0.2) is 47.2 Å². The Morgan fingerprint density at radius 2 is 2.12 bits per heavy atom. The summed E-state index contributed by atoms with van der Waals surface area (Å²) in [6, 6.07) is 6.55. The van der Waals surface area contributed by atoms with E-state index < -0.39 is 17.7 Å².